The van der Waals surface area contributed by atoms with Crippen molar-refractivity contribution in [3.63, 3.8) is 0 Å². The molecule has 0 radical (unpaired) electrons. The number of ether oxygens (including phenoxy) is 2. The van der Waals surface area contributed by atoms with Crippen LogP contribution in [0.25, 0.3) is 0 Å². The molecule has 12 heteroatoms. The van der Waals surface area contributed by atoms with Crippen LogP contribution in [-0.2, 0) is 10.0 Å². The van der Waals surface area contributed by atoms with Gasteiger partial charge in [0.25, 0.3) is 10.0 Å². The number of rotatable bonds is 8. The van der Waals surface area contributed by atoms with E-state index in [2.05, 4.69) is 20.3 Å². The van der Waals surface area contributed by atoms with Crippen molar-refractivity contribution < 1.29 is 22.7 Å². The number of benzene rings is 1. The van der Waals surface area contributed by atoms with Crippen molar-refractivity contribution in [1.29, 1.82) is 0 Å². The first-order valence-electron chi connectivity index (χ1n) is 7.74. The summed E-state index contributed by atoms with van der Waals surface area (Å²) < 4.78 is 37.2. The summed E-state index contributed by atoms with van der Waals surface area (Å²) in [6.45, 7) is 1.81. The molecule has 1 aromatic carbocycles. The highest BCUT2D eigenvalue weighted by Crippen LogP contribution is 2.23. The van der Waals surface area contributed by atoms with Gasteiger partial charge >= 0.3 is 12.0 Å². The Morgan fingerprint density at radius 2 is 1.96 bits per heavy atom. The van der Waals surface area contributed by atoms with E-state index in [1.807, 2.05) is 4.72 Å². The van der Waals surface area contributed by atoms with E-state index in [0.29, 0.717) is 12.3 Å². The van der Waals surface area contributed by atoms with Crippen LogP contribution in [0, 0.1) is 6.92 Å². The number of alkyl halides is 1. The quantitative estimate of drug-likeness (QED) is 0.491. The van der Waals surface area contributed by atoms with Crippen molar-refractivity contribution in [2.24, 2.45) is 0 Å². The molecule has 0 atom stereocenters. The lowest BCUT2D eigenvalue weighted by molar-refractivity contribution is 0.256. The van der Waals surface area contributed by atoms with Gasteiger partial charge in [-0.05, 0) is 25.5 Å². The van der Waals surface area contributed by atoms with Gasteiger partial charge in [-0.1, -0.05) is 12.1 Å². The van der Waals surface area contributed by atoms with Crippen LogP contribution >= 0.6 is 11.6 Å². The second kappa shape index (κ2) is 9.33. The van der Waals surface area contributed by atoms with E-state index in [1.165, 1.54) is 25.3 Å². The maximum Gasteiger partial charge on any atom is 0.335 e. The van der Waals surface area contributed by atoms with Crippen LogP contribution in [0.4, 0.5) is 10.7 Å². The molecule has 0 unspecified atom stereocenters. The number of aryl methyl sites for hydroxylation is 1. The van der Waals surface area contributed by atoms with Gasteiger partial charge in [0.05, 0.1) is 13.7 Å². The normalized spacial score (nSPS) is 10.9. The number of para-hydroxylation sites is 1. The molecule has 2 aromatic rings. The number of anilines is 1. The zero-order valence-corrected chi connectivity index (χ0v) is 16.2. The van der Waals surface area contributed by atoms with E-state index in [-0.39, 0.29) is 35.0 Å². The predicted octanol–water partition coefficient (Wildman–Crippen LogP) is 1.71. The van der Waals surface area contributed by atoms with Gasteiger partial charge in [0.2, 0.25) is 5.95 Å². The second-order valence-electron chi connectivity index (χ2n) is 5.09. The van der Waals surface area contributed by atoms with Gasteiger partial charge < -0.3 is 9.47 Å². The predicted molar refractivity (Wildman–Crippen MR) is 97.7 cm³/mol. The van der Waals surface area contributed by atoms with Crippen LogP contribution in [0.5, 0.6) is 11.8 Å². The summed E-state index contributed by atoms with van der Waals surface area (Å²) in [5.41, 5.74) is 0. The summed E-state index contributed by atoms with van der Waals surface area (Å²) in [5.74, 6) is 0.627. The molecule has 0 fully saturated rings. The molecule has 0 aliphatic heterocycles. The highest BCUT2D eigenvalue weighted by atomic mass is 35.5. The second-order valence-corrected chi connectivity index (χ2v) is 7.12. The van der Waals surface area contributed by atoms with Gasteiger partial charge in [0.15, 0.2) is 0 Å². The zero-order valence-electron chi connectivity index (χ0n) is 14.6. The van der Waals surface area contributed by atoms with Crippen LogP contribution in [-0.4, -0.2) is 49.0 Å². The minimum absolute atomic E-state index is 0.0151. The fourth-order valence-electron chi connectivity index (χ4n) is 1.94. The maximum atomic E-state index is 12.5. The summed E-state index contributed by atoms with van der Waals surface area (Å²) in [4.78, 5) is 23.5. The number of sulfonamides is 1. The number of nitrogens with one attached hydrogen (secondary N) is 2. The van der Waals surface area contributed by atoms with E-state index >= 15 is 0 Å². The Bertz CT molecular complexity index is 909. The van der Waals surface area contributed by atoms with Crippen LogP contribution in [0.2, 0.25) is 0 Å². The third kappa shape index (κ3) is 5.93. The largest absolute Gasteiger partial charge is 0.492 e. The summed E-state index contributed by atoms with van der Waals surface area (Å²) in [5, 5.41) is 2.23. The standard InChI is InChI=1S/C15H18ClN5O5S/c1-10-17-13(20-15(18-10)25-2)19-14(22)21-27(23,24)12-7-4-3-6-11(12)26-9-5-8-16/h3-4,6-7H,5,8-9H2,1-2H3,(H2,17,18,19,20,21,22). The van der Waals surface area contributed by atoms with E-state index < -0.39 is 16.1 Å². The minimum atomic E-state index is -4.20. The van der Waals surface area contributed by atoms with Gasteiger partial charge in [0, 0.05) is 5.88 Å². The summed E-state index contributed by atoms with van der Waals surface area (Å²) in [6.07, 6.45) is 0.546. The molecule has 10 nitrogen and oxygen atoms in total. The molecule has 1 heterocycles. The number of carbonyl (C=O) groups is 1. The van der Waals surface area contributed by atoms with Gasteiger partial charge in [-0.25, -0.2) is 17.9 Å². The Morgan fingerprint density at radius 1 is 1.22 bits per heavy atom. The molecule has 146 valence electrons. The van der Waals surface area contributed by atoms with Crippen LogP contribution in [0.3, 0.4) is 0 Å². The van der Waals surface area contributed by atoms with Crippen molar-refractivity contribution in [2.75, 3.05) is 24.9 Å². The first-order valence-corrected chi connectivity index (χ1v) is 9.75. The molecule has 0 aliphatic carbocycles. The Hall–Kier alpha value is -2.66. The first kappa shape index (κ1) is 20.6. The maximum absolute atomic E-state index is 12.5. The van der Waals surface area contributed by atoms with Crippen molar-refractivity contribution in [2.45, 2.75) is 18.2 Å². The average molecular weight is 416 g/mol. The lowest BCUT2D eigenvalue weighted by Crippen LogP contribution is -2.35. The molecular formula is C15H18ClN5O5S. The lowest BCUT2D eigenvalue weighted by Gasteiger charge is -2.12. The molecule has 27 heavy (non-hydrogen) atoms. The summed E-state index contributed by atoms with van der Waals surface area (Å²) >= 11 is 5.59. The highest BCUT2D eigenvalue weighted by Gasteiger charge is 2.22. The Labute approximate surface area is 161 Å². The lowest BCUT2D eigenvalue weighted by atomic mass is 10.3. The van der Waals surface area contributed by atoms with Crippen molar-refractivity contribution in [1.82, 2.24) is 19.7 Å². The molecule has 2 amide bonds. The van der Waals surface area contributed by atoms with Gasteiger partial charge in [-0.2, -0.15) is 15.0 Å². The third-order valence-corrected chi connectivity index (χ3v) is 4.67. The Morgan fingerprint density at radius 3 is 2.67 bits per heavy atom. The van der Waals surface area contributed by atoms with Gasteiger partial charge in [-0.15, -0.1) is 11.6 Å². The van der Waals surface area contributed by atoms with Crippen LogP contribution in [0.1, 0.15) is 12.2 Å². The molecule has 0 saturated carbocycles. The van der Waals surface area contributed by atoms with E-state index in [0.717, 1.165) is 0 Å². The minimum Gasteiger partial charge on any atom is -0.492 e. The van der Waals surface area contributed by atoms with Crippen molar-refractivity contribution in [3.05, 3.63) is 30.1 Å². The number of hydrogen-bond donors (Lipinski definition) is 2. The highest BCUT2D eigenvalue weighted by molar-refractivity contribution is 7.90. The summed E-state index contributed by atoms with van der Waals surface area (Å²) in [6, 6.07) is 4.88. The Balaban J connectivity index is 2.14. The smallest absolute Gasteiger partial charge is 0.335 e. The molecule has 0 bridgehead atoms. The molecule has 1 aromatic heterocycles. The first-order chi connectivity index (χ1) is 12.9. The van der Waals surface area contributed by atoms with Gasteiger partial charge in [0.1, 0.15) is 16.5 Å². The van der Waals surface area contributed by atoms with Crippen molar-refractivity contribution in [3.8, 4) is 11.8 Å². The average Bonchev–Trinajstić information content (AvgIpc) is 2.61. The number of halogens is 1. The Kier molecular flexibility index (Phi) is 7.13. The SMILES string of the molecule is COc1nc(C)nc(NC(=O)NS(=O)(=O)c2ccccc2OCCCCl)n1. The van der Waals surface area contributed by atoms with E-state index in [9.17, 15) is 13.2 Å². The van der Waals surface area contributed by atoms with Crippen molar-refractivity contribution >= 4 is 33.6 Å². The number of amides is 2. The fraction of sp³-hybridized carbons (Fsp3) is 0.333. The molecule has 0 saturated heterocycles. The topological polar surface area (TPSA) is 132 Å². The van der Waals surface area contributed by atoms with Gasteiger partial charge in [-0.3, -0.25) is 5.32 Å². The van der Waals surface area contributed by atoms with Crippen LogP contribution in [0.15, 0.2) is 29.2 Å². The third-order valence-electron chi connectivity index (χ3n) is 3.04. The number of aromatic nitrogens is 3. The van der Waals surface area contributed by atoms with Crippen LogP contribution < -0.4 is 19.5 Å². The molecular weight excluding hydrogens is 398 g/mol. The zero-order chi connectivity index (χ0) is 19.9. The molecule has 0 aliphatic rings. The number of carbonyl (C=O) groups excluding carboxylic acids is 1. The van der Waals surface area contributed by atoms with E-state index in [4.69, 9.17) is 21.1 Å². The fourth-order valence-corrected chi connectivity index (χ4v) is 3.10. The number of methoxy groups -OCH3 is 1. The molecule has 0 spiro atoms. The monoisotopic (exact) mass is 415 g/mol. The number of nitrogens with zero attached hydrogens (tertiary/aromatic N) is 3. The number of urea groups is 1. The molecule has 2 N–H and O–H groups in total. The van der Waals surface area contributed by atoms with E-state index in [1.54, 1.807) is 13.0 Å². The number of hydrogen-bond acceptors (Lipinski definition) is 8. The molecule has 2 rings (SSSR count). The summed E-state index contributed by atoms with van der Waals surface area (Å²) in [7, 11) is -2.84.